The molecular weight excluding hydrogens is 484 g/mol. The van der Waals surface area contributed by atoms with Gasteiger partial charge in [-0.1, -0.05) is 17.7 Å². The van der Waals surface area contributed by atoms with Crippen molar-refractivity contribution in [1.29, 1.82) is 0 Å². The molecule has 160 valence electrons. The van der Waals surface area contributed by atoms with Gasteiger partial charge in [-0.25, -0.2) is 0 Å². The van der Waals surface area contributed by atoms with Crippen molar-refractivity contribution in [3.63, 3.8) is 0 Å². The molecule has 1 atom stereocenters. The molecule has 1 saturated heterocycles. The summed E-state index contributed by atoms with van der Waals surface area (Å²) >= 11 is 0. The first-order valence-corrected chi connectivity index (χ1v) is 9.18. The Balaban J connectivity index is 0.00000392. The van der Waals surface area contributed by atoms with Gasteiger partial charge in [-0.3, -0.25) is 9.89 Å². The van der Waals surface area contributed by atoms with Gasteiger partial charge in [-0.15, -0.1) is 24.0 Å². The molecule has 28 heavy (non-hydrogen) atoms. The van der Waals surface area contributed by atoms with Crippen molar-refractivity contribution in [2.45, 2.75) is 25.9 Å². The minimum absolute atomic E-state index is 0. The van der Waals surface area contributed by atoms with Crippen molar-refractivity contribution >= 4 is 29.9 Å². The minimum atomic E-state index is -4.13. The molecule has 1 aromatic carbocycles. The highest BCUT2D eigenvalue weighted by Gasteiger charge is 2.34. The molecule has 1 aliphatic rings. The quantitative estimate of drug-likeness (QED) is 0.334. The van der Waals surface area contributed by atoms with E-state index in [0.717, 1.165) is 24.2 Å². The third-order valence-electron chi connectivity index (χ3n) is 4.68. The largest absolute Gasteiger partial charge is 0.496 e. The molecule has 0 spiro atoms. The fraction of sp³-hybridized carbons (Fsp3) is 0.632. The maximum Gasteiger partial charge on any atom is 0.401 e. The Bertz CT molecular complexity index is 640. The number of ether oxygens (including phenoxy) is 1. The summed E-state index contributed by atoms with van der Waals surface area (Å²) in [7, 11) is 3.35. The molecule has 1 fully saturated rings. The van der Waals surface area contributed by atoms with Crippen LogP contribution in [0.3, 0.4) is 0 Å². The van der Waals surface area contributed by atoms with Crippen LogP contribution in [-0.2, 0) is 6.42 Å². The Labute approximate surface area is 182 Å². The number of aryl methyl sites for hydroxylation is 1. The van der Waals surface area contributed by atoms with Crippen LogP contribution in [0.4, 0.5) is 13.2 Å². The van der Waals surface area contributed by atoms with E-state index >= 15 is 0 Å². The molecule has 0 aromatic heterocycles. The minimum Gasteiger partial charge on any atom is -0.496 e. The van der Waals surface area contributed by atoms with E-state index in [0.29, 0.717) is 32.1 Å². The SMILES string of the molecule is CN=C(NCCc1cc(C)ccc1OC)NCC1CCN(CC(F)(F)F)C1.I. The number of guanidine groups is 1. The smallest absolute Gasteiger partial charge is 0.401 e. The van der Waals surface area contributed by atoms with Gasteiger partial charge in [0.1, 0.15) is 5.75 Å². The van der Waals surface area contributed by atoms with Gasteiger partial charge in [0.15, 0.2) is 5.96 Å². The van der Waals surface area contributed by atoms with Gasteiger partial charge in [-0.05, 0) is 43.9 Å². The number of rotatable bonds is 7. The number of nitrogens with zero attached hydrogens (tertiary/aromatic N) is 2. The van der Waals surface area contributed by atoms with Crippen LogP contribution in [0.2, 0.25) is 0 Å². The van der Waals surface area contributed by atoms with Gasteiger partial charge in [-0.2, -0.15) is 13.2 Å². The molecule has 0 amide bonds. The zero-order valence-corrected chi connectivity index (χ0v) is 18.9. The van der Waals surface area contributed by atoms with Crippen LogP contribution in [0, 0.1) is 12.8 Å². The van der Waals surface area contributed by atoms with Crippen LogP contribution in [0.5, 0.6) is 5.75 Å². The van der Waals surface area contributed by atoms with Crippen molar-refractivity contribution in [3.05, 3.63) is 29.3 Å². The topological polar surface area (TPSA) is 48.9 Å². The van der Waals surface area contributed by atoms with Gasteiger partial charge in [0.25, 0.3) is 0 Å². The van der Waals surface area contributed by atoms with Gasteiger partial charge >= 0.3 is 6.18 Å². The number of likely N-dealkylation sites (tertiary alicyclic amines) is 1. The molecule has 2 N–H and O–H groups in total. The number of nitrogens with one attached hydrogen (secondary N) is 2. The maximum absolute atomic E-state index is 12.5. The van der Waals surface area contributed by atoms with E-state index in [-0.39, 0.29) is 29.9 Å². The van der Waals surface area contributed by atoms with Crippen molar-refractivity contribution in [1.82, 2.24) is 15.5 Å². The average molecular weight is 514 g/mol. The first kappa shape index (κ1) is 24.8. The first-order chi connectivity index (χ1) is 12.8. The Morgan fingerprint density at radius 1 is 1.32 bits per heavy atom. The van der Waals surface area contributed by atoms with Gasteiger partial charge in [0.05, 0.1) is 13.7 Å². The van der Waals surface area contributed by atoms with Crippen molar-refractivity contribution < 1.29 is 17.9 Å². The molecule has 1 aliphatic heterocycles. The summed E-state index contributed by atoms with van der Waals surface area (Å²) in [5.74, 6) is 1.72. The van der Waals surface area contributed by atoms with Crippen molar-refractivity contribution in [3.8, 4) is 5.75 Å². The zero-order valence-electron chi connectivity index (χ0n) is 16.6. The van der Waals surface area contributed by atoms with E-state index in [1.807, 2.05) is 19.1 Å². The molecule has 9 heteroatoms. The molecular formula is C19H30F3IN4O. The summed E-state index contributed by atoms with van der Waals surface area (Å²) in [5.41, 5.74) is 2.30. The first-order valence-electron chi connectivity index (χ1n) is 9.18. The van der Waals surface area contributed by atoms with E-state index in [2.05, 4.69) is 21.7 Å². The van der Waals surface area contributed by atoms with Crippen LogP contribution in [0.15, 0.2) is 23.2 Å². The molecule has 0 aliphatic carbocycles. The highest BCUT2D eigenvalue weighted by molar-refractivity contribution is 14.0. The lowest BCUT2D eigenvalue weighted by Crippen LogP contribution is -2.41. The Kier molecular flexibility index (Phi) is 10.4. The lowest BCUT2D eigenvalue weighted by atomic mass is 10.1. The molecule has 5 nitrogen and oxygen atoms in total. The zero-order chi connectivity index (χ0) is 19.9. The second-order valence-corrected chi connectivity index (χ2v) is 6.95. The monoisotopic (exact) mass is 514 g/mol. The van der Waals surface area contributed by atoms with Gasteiger partial charge in [0, 0.05) is 26.7 Å². The average Bonchev–Trinajstić information content (AvgIpc) is 3.03. The molecule has 1 aromatic rings. The van der Waals surface area contributed by atoms with Crippen molar-refractivity contribution in [2.75, 3.05) is 46.9 Å². The number of benzene rings is 1. The van der Waals surface area contributed by atoms with Gasteiger partial charge < -0.3 is 15.4 Å². The van der Waals surface area contributed by atoms with E-state index in [9.17, 15) is 13.2 Å². The third kappa shape index (κ3) is 8.42. The lowest BCUT2D eigenvalue weighted by Gasteiger charge is -2.19. The van der Waals surface area contributed by atoms with Crippen LogP contribution < -0.4 is 15.4 Å². The summed E-state index contributed by atoms with van der Waals surface area (Å²) in [5, 5.41) is 6.47. The predicted molar refractivity (Wildman–Crippen MR) is 117 cm³/mol. The van der Waals surface area contributed by atoms with Crippen LogP contribution >= 0.6 is 24.0 Å². The summed E-state index contributed by atoms with van der Waals surface area (Å²) in [4.78, 5) is 5.65. The molecule has 1 unspecified atom stereocenters. The molecule has 0 bridgehead atoms. The van der Waals surface area contributed by atoms with E-state index in [1.54, 1.807) is 14.2 Å². The molecule has 1 heterocycles. The Morgan fingerprint density at radius 3 is 2.71 bits per heavy atom. The summed E-state index contributed by atoms with van der Waals surface area (Å²) in [6.45, 7) is 3.47. The number of hydrogen-bond donors (Lipinski definition) is 2. The van der Waals surface area contributed by atoms with E-state index in [1.165, 1.54) is 10.5 Å². The lowest BCUT2D eigenvalue weighted by molar-refractivity contribution is -0.143. The van der Waals surface area contributed by atoms with Crippen LogP contribution in [0.25, 0.3) is 0 Å². The van der Waals surface area contributed by atoms with E-state index < -0.39 is 12.7 Å². The van der Waals surface area contributed by atoms with E-state index in [4.69, 9.17) is 4.74 Å². The van der Waals surface area contributed by atoms with Gasteiger partial charge in [0.2, 0.25) is 0 Å². The number of alkyl halides is 3. The summed E-state index contributed by atoms with van der Waals surface area (Å²) < 4.78 is 42.8. The molecule has 0 saturated carbocycles. The fourth-order valence-corrected chi connectivity index (χ4v) is 3.36. The summed E-state index contributed by atoms with van der Waals surface area (Å²) in [6.07, 6.45) is -2.58. The Morgan fingerprint density at radius 2 is 2.07 bits per heavy atom. The second kappa shape index (κ2) is 11.7. The maximum atomic E-state index is 12.5. The second-order valence-electron chi connectivity index (χ2n) is 6.95. The number of halogens is 4. The molecule has 2 rings (SSSR count). The standard InChI is InChI=1S/C19H29F3N4O.HI/c1-14-4-5-17(27-3)16(10-14)6-8-24-18(23-2)25-11-15-7-9-26(12-15)13-19(20,21)22;/h4-5,10,15H,6-9,11-13H2,1-3H3,(H2,23,24,25);1H. The number of hydrogen-bond acceptors (Lipinski definition) is 3. The highest BCUT2D eigenvalue weighted by atomic mass is 127. The number of methoxy groups -OCH3 is 1. The highest BCUT2D eigenvalue weighted by Crippen LogP contribution is 2.22. The number of aliphatic imine (C=N–C) groups is 1. The van der Waals surface area contributed by atoms with Crippen molar-refractivity contribution in [2.24, 2.45) is 10.9 Å². The fourth-order valence-electron chi connectivity index (χ4n) is 3.36. The van der Waals surface area contributed by atoms with Crippen LogP contribution in [-0.4, -0.2) is 63.9 Å². The predicted octanol–water partition coefficient (Wildman–Crippen LogP) is 3.21. The normalized spacial score (nSPS) is 17.9. The third-order valence-corrected chi connectivity index (χ3v) is 4.68. The molecule has 0 radical (unpaired) electrons. The Hall–Kier alpha value is -1.23. The summed E-state index contributed by atoms with van der Waals surface area (Å²) in [6, 6.07) is 6.08. The van der Waals surface area contributed by atoms with Crippen LogP contribution in [0.1, 0.15) is 17.5 Å².